The van der Waals surface area contributed by atoms with Gasteiger partial charge in [0.15, 0.2) is 0 Å². The van der Waals surface area contributed by atoms with E-state index in [4.69, 9.17) is 4.42 Å². The van der Waals surface area contributed by atoms with Crippen molar-refractivity contribution >= 4 is 45.1 Å². The molecule has 0 N–H and O–H groups in total. The van der Waals surface area contributed by atoms with E-state index in [2.05, 4.69) is 0 Å². The van der Waals surface area contributed by atoms with E-state index in [-0.39, 0.29) is 16.8 Å². The lowest BCUT2D eigenvalue weighted by atomic mass is 10.1. The molecular formula is C19H10N2O5. The Kier molecular flexibility index (Phi) is 2.62. The monoisotopic (exact) mass is 346 g/mol. The molecule has 0 spiro atoms. The van der Waals surface area contributed by atoms with Crippen LogP contribution in [0.4, 0.5) is 11.4 Å². The Bertz CT molecular complexity index is 1270. The molecule has 26 heavy (non-hydrogen) atoms. The zero-order chi connectivity index (χ0) is 18.2. The van der Waals surface area contributed by atoms with Crippen LogP contribution in [-0.4, -0.2) is 16.7 Å². The highest BCUT2D eigenvalue weighted by atomic mass is 16.6. The van der Waals surface area contributed by atoms with Gasteiger partial charge in [-0.2, -0.15) is 0 Å². The van der Waals surface area contributed by atoms with Gasteiger partial charge in [0.2, 0.25) is 0 Å². The first-order chi connectivity index (χ1) is 12.5. The van der Waals surface area contributed by atoms with Gasteiger partial charge in [0, 0.05) is 11.5 Å². The molecule has 0 saturated carbocycles. The number of aryl methyl sites for hydroxylation is 1. The van der Waals surface area contributed by atoms with E-state index >= 15 is 0 Å². The molecule has 1 aliphatic heterocycles. The SMILES string of the molecule is Cc1cc2oc1c1c2C(=O)N(c2ccc([N+](=O)[O-])c3ccccc23)C1=O. The van der Waals surface area contributed by atoms with E-state index in [9.17, 15) is 19.7 Å². The molecule has 5 rings (SSSR count). The predicted octanol–water partition coefficient (Wildman–Crippen LogP) is 4.04. The lowest BCUT2D eigenvalue weighted by Crippen LogP contribution is -2.29. The van der Waals surface area contributed by atoms with Crippen LogP contribution in [0.15, 0.2) is 46.9 Å². The fraction of sp³-hybridized carbons (Fsp3) is 0.0526. The molecule has 0 atom stereocenters. The summed E-state index contributed by atoms with van der Waals surface area (Å²) in [6.07, 6.45) is 0. The summed E-state index contributed by atoms with van der Waals surface area (Å²) in [7, 11) is 0. The fourth-order valence-corrected chi connectivity index (χ4v) is 3.66. The smallest absolute Gasteiger partial charge is 0.277 e. The van der Waals surface area contributed by atoms with E-state index in [0.717, 1.165) is 10.5 Å². The first-order valence-corrected chi connectivity index (χ1v) is 7.89. The van der Waals surface area contributed by atoms with E-state index in [1.807, 2.05) is 6.92 Å². The number of hydrogen-bond acceptors (Lipinski definition) is 5. The Labute approximate surface area is 145 Å². The molecule has 2 aromatic carbocycles. The second-order valence-electron chi connectivity index (χ2n) is 6.23. The normalized spacial score (nSPS) is 14.0. The number of nitro benzene ring substituents is 1. The van der Waals surface area contributed by atoms with Crippen LogP contribution in [0.25, 0.3) is 21.9 Å². The number of rotatable bonds is 2. The van der Waals surface area contributed by atoms with Crippen molar-refractivity contribution in [2.24, 2.45) is 0 Å². The van der Waals surface area contributed by atoms with Crippen molar-refractivity contribution in [3.63, 3.8) is 0 Å². The van der Waals surface area contributed by atoms with Crippen LogP contribution in [0.5, 0.6) is 0 Å². The van der Waals surface area contributed by atoms with E-state index < -0.39 is 16.7 Å². The molecule has 0 saturated heterocycles. The summed E-state index contributed by atoms with van der Waals surface area (Å²) in [6, 6.07) is 11.1. The number of amides is 2. The molecular weight excluding hydrogens is 336 g/mol. The van der Waals surface area contributed by atoms with Gasteiger partial charge in [-0.15, -0.1) is 0 Å². The summed E-state index contributed by atoms with van der Waals surface area (Å²) in [5, 5.41) is 12.1. The molecule has 7 heteroatoms. The van der Waals surface area contributed by atoms with Gasteiger partial charge < -0.3 is 4.42 Å². The number of non-ortho nitro benzene ring substituents is 1. The molecule has 2 amide bonds. The van der Waals surface area contributed by atoms with Gasteiger partial charge in [-0.25, -0.2) is 4.90 Å². The van der Waals surface area contributed by atoms with Gasteiger partial charge in [-0.05, 0) is 30.7 Å². The minimum atomic E-state index is -0.481. The quantitative estimate of drug-likeness (QED) is 0.310. The third-order valence-electron chi connectivity index (χ3n) is 4.79. The zero-order valence-electron chi connectivity index (χ0n) is 13.5. The number of carbonyl (C=O) groups excluding carboxylic acids is 2. The van der Waals surface area contributed by atoms with Gasteiger partial charge in [-0.1, -0.05) is 18.2 Å². The summed E-state index contributed by atoms with van der Waals surface area (Å²) >= 11 is 0. The van der Waals surface area contributed by atoms with Gasteiger partial charge >= 0.3 is 0 Å². The van der Waals surface area contributed by atoms with E-state index in [1.54, 1.807) is 30.3 Å². The third kappa shape index (κ3) is 1.61. The molecule has 0 unspecified atom stereocenters. The first-order valence-electron chi connectivity index (χ1n) is 7.89. The van der Waals surface area contributed by atoms with Crippen molar-refractivity contribution in [3.05, 3.63) is 69.3 Å². The van der Waals surface area contributed by atoms with Gasteiger partial charge in [0.25, 0.3) is 17.5 Å². The molecule has 0 aliphatic carbocycles. The van der Waals surface area contributed by atoms with Gasteiger partial charge in [0.1, 0.15) is 11.2 Å². The van der Waals surface area contributed by atoms with Crippen LogP contribution < -0.4 is 4.90 Å². The fourth-order valence-electron chi connectivity index (χ4n) is 3.66. The summed E-state index contributed by atoms with van der Waals surface area (Å²) in [5.41, 5.74) is 2.39. The summed E-state index contributed by atoms with van der Waals surface area (Å²) in [6.45, 7) is 1.81. The minimum Gasteiger partial charge on any atom is -0.455 e. The Balaban J connectivity index is 1.76. The predicted molar refractivity (Wildman–Crippen MR) is 93.9 cm³/mol. The van der Waals surface area contributed by atoms with Crippen LogP contribution >= 0.6 is 0 Å². The number of nitrogens with zero attached hydrogens (tertiary/aromatic N) is 2. The van der Waals surface area contributed by atoms with E-state index in [0.29, 0.717) is 27.6 Å². The molecule has 126 valence electrons. The first kappa shape index (κ1) is 14.6. The zero-order valence-corrected chi connectivity index (χ0v) is 13.5. The van der Waals surface area contributed by atoms with Gasteiger partial charge in [-0.3, -0.25) is 19.7 Å². The lowest BCUT2D eigenvalue weighted by Gasteiger charge is -2.16. The van der Waals surface area contributed by atoms with Crippen molar-refractivity contribution < 1.29 is 18.9 Å². The highest BCUT2D eigenvalue weighted by molar-refractivity contribution is 6.40. The topological polar surface area (TPSA) is 93.7 Å². The van der Waals surface area contributed by atoms with Crippen molar-refractivity contribution in [2.75, 3.05) is 4.90 Å². The standard InChI is InChI=1S/C19H10N2O5/c1-9-8-14-15-16(17(9)26-14)19(23)20(18(15)22)12-6-7-13(21(24)25)11-5-3-2-4-10(11)12/h2-8H,1H3. The van der Waals surface area contributed by atoms with Crippen LogP contribution in [0, 0.1) is 17.0 Å². The number of anilines is 1. The number of furan rings is 2. The van der Waals surface area contributed by atoms with Crippen molar-refractivity contribution in [1.82, 2.24) is 0 Å². The maximum Gasteiger partial charge on any atom is 0.277 e. The Morgan fingerprint density at radius 3 is 2.42 bits per heavy atom. The van der Waals surface area contributed by atoms with Crippen molar-refractivity contribution in [1.29, 1.82) is 0 Å². The van der Waals surface area contributed by atoms with Crippen LogP contribution in [0.2, 0.25) is 0 Å². The van der Waals surface area contributed by atoms with Crippen molar-refractivity contribution in [3.8, 4) is 0 Å². The van der Waals surface area contributed by atoms with Crippen LogP contribution in [0.3, 0.4) is 0 Å². The van der Waals surface area contributed by atoms with Crippen LogP contribution in [0.1, 0.15) is 26.3 Å². The number of hydrogen-bond donors (Lipinski definition) is 0. The molecule has 3 heterocycles. The molecule has 7 nitrogen and oxygen atoms in total. The summed E-state index contributed by atoms with van der Waals surface area (Å²) in [5.74, 6) is -0.945. The molecule has 4 aromatic rings. The number of fused-ring (bicyclic) bond motifs is 6. The Morgan fingerprint density at radius 1 is 1.00 bits per heavy atom. The summed E-state index contributed by atoms with van der Waals surface area (Å²) < 4.78 is 5.52. The number of imide groups is 1. The molecule has 0 fully saturated rings. The maximum absolute atomic E-state index is 13.0. The average Bonchev–Trinajstić information content (AvgIpc) is 3.25. The minimum absolute atomic E-state index is 0.0754. The number of nitro groups is 1. The average molecular weight is 346 g/mol. The lowest BCUT2D eigenvalue weighted by molar-refractivity contribution is -0.383. The largest absolute Gasteiger partial charge is 0.455 e. The molecule has 2 bridgehead atoms. The molecule has 0 radical (unpaired) electrons. The molecule has 1 aliphatic rings. The molecule has 2 aromatic heterocycles. The Morgan fingerprint density at radius 2 is 1.69 bits per heavy atom. The number of benzene rings is 3. The highest BCUT2D eigenvalue weighted by Crippen LogP contribution is 2.42. The van der Waals surface area contributed by atoms with E-state index in [1.165, 1.54) is 12.1 Å². The second kappa shape index (κ2) is 4.66. The number of carbonyl (C=O) groups is 2. The highest BCUT2D eigenvalue weighted by Gasteiger charge is 2.44. The van der Waals surface area contributed by atoms with Gasteiger partial charge in [0.05, 0.1) is 27.1 Å². The summed E-state index contributed by atoms with van der Waals surface area (Å²) in [4.78, 5) is 37.8. The third-order valence-corrected chi connectivity index (χ3v) is 4.79. The van der Waals surface area contributed by atoms with Crippen molar-refractivity contribution in [2.45, 2.75) is 6.92 Å². The van der Waals surface area contributed by atoms with Crippen LogP contribution in [-0.2, 0) is 0 Å². The maximum atomic E-state index is 13.0. The second-order valence-corrected chi connectivity index (χ2v) is 6.23. The Hall–Kier alpha value is -3.74.